The van der Waals surface area contributed by atoms with E-state index in [1.165, 1.54) is 35.8 Å². The van der Waals surface area contributed by atoms with Gasteiger partial charge in [0, 0.05) is 24.7 Å². The van der Waals surface area contributed by atoms with Gasteiger partial charge in [0.25, 0.3) is 5.56 Å². The predicted molar refractivity (Wildman–Crippen MR) is 120 cm³/mol. The molecule has 1 atom stereocenters. The number of hydrogen-bond acceptors (Lipinski definition) is 7. The maximum atomic E-state index is 12.5. The minimum absolute atomic E-state index is 0.0482. The number of fused-ring (bicyclic) bond motifs is 1. The average Bonchev–Trinajstić information content (AvgIpc) is 2.74. The van der Waals surface area contributed by atoms with Crippen LogP contribution in [0.25, 0.3) is 10.9 Å². The maximum Gasteiger partial charge on any atom is 0.306 e. The molecule has 1 heterocycles. The third-order valence-electron chi connectivity index (χ3n) is 4.78. The first-order chi connectivity index (χ1) is 15.0. The average molecular weight is 458 g/mol. The molecule has 1 aromatic heterocycles. The van der Waals surface area contributed by atoms with Gasteiger partial charge >= 0.3 is 5.97 Å². The van der Waals surface area contributed by atoms with Crippen LogP contribution in [-0.2, 0) is 33.0 Å². The molecule has 1 N–H and O–H groups in total. The molecule has 10 heteroatoms. The first-order valence-electron chi connectivity index (χ1n) is 9.81. The van der Waals surface area contributed by atoms with Crippen LogP contribution in [0.4, 0.5) is 5.69 Å². The fraction of sp³-hybridized carbons (Fsp3) is 0.273. The van der Waals surface area contributed by atoms with Crippen molar-refractivity contribution in [3.05, 3.63) is 70.3 Å². The fourth-order valence-electron chi connectivity index (χ4n) is 3.16. The number of sulfonamides is 1. The topological polar surface area (TPSA) is 124 Å². The Labute approximate surface area is 185 Å². The number of nitrogens with zero attached hydrogens (tertiary/aromatic N) is 2. The Kier molecular flexibility index (Phi) is 6.73. The molecule has 0 radical (unpaired) electrons. The van der Waals surface area contributed by atoms with Crippen molar-refractivity contribution in [3.8, 4) is 0 Å². The third kappa shape index (κ3) is 5.58. The van der Waals surface area contributed by atoms with Gasteiger partial charge in [0.15, 0.2) is 6.10 Å². The lowest BCUT2D eigenvalue weighted by Crippen LogP contribution is -2.26. The summed E-state index contributed by atoms with van der Waals surface area (Å²) in [6, 6.07) is 12.8. The van der Waals surface area contributed by atoms with Gasteiger partial charge in [-0.2, -0.15) is 0 Å². The molecule has 0 aliphatic heterocycles. The van der Waals surface area contributed by atoms with E-state index in [9.17, 15) is 22.8 Å². The van der Waals surface area contributed by atoms with Gasteiger partial charge in [-0.1, -0.05) is 12.1 Å². The van der Waals surface area contributed by atoms with Gasteiger partial charge in [-0.15, -0.1) is 0 Å². The molecule has 0 fully saturated rings. The zero-order valence-electron chi connectivity index (χ0n) is 17.9. The third-order valence-corrected chi connectivity index (χ3v) is 5.39. The van der Waals surface area contributed by atoms with Gasteiger partial charge in [0.2, 0.25) is 15.8 Å². The molecule has 0 saturated heterocycles. The van der Waals surface area contributed by atoms with E-state index < -0.39 is 27.9 Å². The van der Waals surface area contributed by atoms with E-state index in [1.807, 2.05) is 0 Å². The number of aromatic nitrogens is 2. The van der Waals surface area contributed by atoms with Crippen molar-refractivity contribution in [2.75, 3.05) is 11.0 Å². The zero-order chi connectivity index (χ0) is 23.5. The first-order valence-corrected chi connectivity index (χ1v) is 11.7. The highest BCUT2D eigenvalue weighted by Gasteiger charge is 2.20. The molecule has 0 aliphatic carbocycles. The minimum atomic E-state index is -3.42. The number of benzene rings is 2. The Hall–Kier alpha value is -3.53. The van der Waals surface area contributed by atoms with E-state index >= 15 is 0 Å². The van der Waals surface area contributed by atoms with E-state index in [0.29, 0.717) is 22.4 Å². The van der Waals surface area contributed by atoms with Gasteiger partial charge in [0.05, 0.1) is 23.6 Å². The van der Waals surface area contributed by atoms with E-state index in [1.54, 1.807) is 31.3 Å². The smallest absolute Gasteiger partial charge is 0.306 e. The lowest BCUT2D eigenvalue weighted by atomic mass is 10.1. The van der Waals surface area contributed by atoms with Crippen LogP contribution in [0, 0.1) is 0 Å². The van der Waals surface area contributed by atoms with Crippen LogP contribution < -0.4 is 10.3 Å². The van der Waals surface area contributed by atoms with Gasteiger partial charge in [-0.3, -0.25) is 23.7 Å². The highest BCUT2D eigenvalue weighted by molar-refractivity contribution is 7.92. The zero-order valence-corrected chi connectivity index (χ0v) is 18.7. The number of anilines is 1. The summed E-state index contributed by atoms with van der Waals surface area (Å²) in [5.74, 6) is -0.567. The van der Waals surface area contributed by atoms with Crippen molar-refractivity contribution in [1.82, 2.24) is 9.55 Å². The molecule has 9 nitrogen and oxygen atoms in total. The van der Waals surface area contributed by atoms with Crippen LogP contribution in [-0.4, -0.2) is 42.1 Å². The number of ether oxygens (including phenoxy) is 1. The number of esters is 1. The monoisotopic (exact) mass is 457 g/mol. The summed E-state index contributed by atoms with van der Waals surface area (Å²) < 4.78 is 31.5. The van der Waals surface area contributed by atoms with E-state index in [0.717, 1.165) is 6.26 Å². The molecule has 32 heavy (non-hydrogen) atoms. The summed E-state index contributed by atoms with van der Waals surface area (Å²) in [5.41, 5.74) is 0.956. The number of ketones is 1. The lowest BCUT2D eigenvalue weighted by molar-refractivity contribution is -0.146. The quantitative estimate of drug-likeness (QED) is 0.405. The van der Waals surface area contributed by atoms with Crippen molar-refractivity contribution < 1.29 is 22.7 Å². The molecule has 0 aliphatic rings. The van der Waals surface area contributed by atoms with Crippen molar-refractivity contribution in [1.29, 1.82) is 0 Å². The lowest BCUT2D eigenvalue weighted by Gasteiger charge is -2.13. The largest absolute Gasteiger partial charge is 0.454 e. The summed E-state index contributed by atoms with van der Waals surface area (Å²) in [6.07, 6.45) is 0.138. The molecule has 3 rings (SSSR count). The summed E-state index contributed by atoms with van der Waals surface area (Å²) in [5, 5.41) is 0.498. The first kappa shape index (κ1) is 23.1. The molecule has 0 saturated carbocycles. The van der Waals surface area contributed by atoms with Crippen LogP contribution in [0.1, 0.15) is 29.5 Å². The normalized spacial score (nSPS) is 12.3. The summed E-state index contributed by atoms with van der Waals surface area (Å²) in [6.45, 7) is 1.47. The maximum absolute atomic E-state index is 12.5. The van der Waals surface area contributed by atoms with E-state index in [4.69, 9.17) is 4.74 Å². The predicted octanol–water partition coefficient (Wildman–Crippen LogP) is 2.05. The van der Waals surface area contributed by atoms with E-state index in [-0.39, 0.29) is 24.0 Å². The molecule has 2 aromatic carbocycles. The molecule has 3 aromatic rings. The summed E-state index contributed by atoms with van der Waals surface area (Å²) in [7, 11) is -1.83. The number of hydrogen-bond donors (Lipinski definition) is 1. The molecule has 0 amide bonds. The van der Waals surface area contributed by atoms with Crippen LogP contribution in [0.15, 0.2) is 53.3 Å². The number of carbonyl (C=O) groups excluding carboxylic acids is 2. The Balaban J connectivity index is 1.61. The number of Topliss-reactive ketones (excluding diaryl/α,β-unsaturated/α-hetero) is 1. The van der Waals surface area contributed by atoms with Gasteiger partial charge in [-0.05, 0) is 43.3 Å². The fourth-order valence-corrected chi connectivity index (χ4v) is 3.73. The van der Waals surface area contributed by atoms with Crippen molar-refractivity contribution in [2.45, 2.75) is 25.9 Å². The van der Waals surface area contributed by atoms with Crippen LogP contribution in [0.5, 0.6) is 0 Å². The molecule has 0 spiro atoms. The molecule has 1 unspecified atom stereocenters. The number of nitrogens with one attached hydrogen (secondary N) is 1. The Morgan fingerprint density at radius 3 is 2.44 bits per heavy atom. The second-order valence-electron chi connectivity index (χ2n) is 7.36. The standard InChI is InChI=1S/C22H23N3O6S/c1-14(21(27)15-8-10-16(11-9-15)24-32(3,29)30)31-20(26)13-12-19-23-18-7-5-4-6-17(18)22(28)25(19)2/h4-11,14,24H,12-13H2,1-3H3. The highest BCUT2D eigenvalue weighted by Crippen LogP contribution is 2.14. The Morgan fingerprint density at radius 2 is 1.78 bits per heavy atom. The minimum Gasteiger partial charge on any atom is -0.454 e. The van der Waals surface area contributed by atoms with E-state index in [2.05, 4.69) is 9.71 Å². The van der Waals surface area contributed by atoms with Crippen LogP contribution in [0.3, 0.4) is 0 Å². The van der Waals surface area contributed by atoms with Crippen molar-refractivity contribution >= 4 is 38.4 Å². The Bertz CT molecular complexity index is 1330. The van der Waals surface area contributed by atoms with Crippen molar-refractivity contribution in [3.63, 3.8) is 0 Å². The van der Waals surface area contributed by atoms with Crippen LogP contribution in [0.2, 0.25) is 0 Å². The molecule has 0 bridgehead atoms. The van der Waals surface area contributed by atoms with Gasteiger partial charge in [-0.25, -0.2) is 13.4 Å². The molecular weight excluding hydrogens is 434 g/mol. The Morgan fingerprint density at radius 1 is 1.12 bits per heavy atom. The summed E-state index contributed by atoms with van der Waals surface area (Å²) in [4.78, 5) is 41.7. The SMILES string of the molecule is CC(OC(=O)CCc1nc2ccccc2c(=O)n1C)C(=O)c1ccc(NS(C)(=O)=O)cc1. The van der Waals surface area contributed by atoms with Gasteiger partial charge < -0.3 is 4.74 Å². The van der Waals surface area contributed by atoms with Gasteiger partial charge in [0.1, 0.15) is 5.82 Å². The molecule has 168 valence electrons. The second-order valence-corrected chi connectivity index (χ2v) is 9.11. The van der Waals surface area contributed by atoms with Crippen molar-refractivity contribution in [2.24, 2.45) is 7.05 Å². The second kappa shape index (κ2) is 9.31. The number of carbonyl (C=O) groups is 2. The summed E-state index contributed by atoms with van der Waals surface area (Å²) >= 11 is 0. The molecular formula is C22H23N3O6S. The van der Waals surface area contributed by atoms with Crippen LogP contribution >= 0.6 is 0 Å². The number of para-hydroxylation sites is 1. The highest BCUT2D eigenvalue weighted by atomic mass is 32.2. The number of aryl methyl sites for hydroxylation is 1. The number of rotatable bonds is 8.